The number of rotatable bonds is 7. The number of ether oxygens (including phenoxy) is 1. The van der Waals surface area contributed by atoms with Crippen LogP contribution in [0.15, 0.2) is 53.3 Å². The predicted molar refractivity (Wildman–Crippen MR) is 91.2 cm³/mol. The van der Waals surface area contributed by atoms with Gasteiger partial charge in [0.15, 0.2) is 0 Å². The third-order valence-electron chi connectivity index (χ3n) is 4.05. The number of carbonyl (C=O) groups excluding carboxylic acids is 2. The molecule has 0 spiro atoms. The smallest absolute Gasteiger partial charge is 0.328 e. The predicted octanol–water partition coefficient (Wildman–Crippen LogP) is 2.86. The standard InChI is InChI=1S/C18H19NO4S/c1-22-18(21)15(9-14-7-8-23-11-14)19-16(20)10-17(19)24-12-13-5-3-2-4-6-13/h2-8,11,15,17H,9-10,12H2,1H3. The van der Waals surface area contributed by atoms with Crippen LogP contribution in [0.2, 0.25) is 0 Å². The highest BCUT2D eigenvalue weighted by Gasteiger charge is 2.44. The summed E-state index contributed by atoms with van der Waals surface area (Å²) >= 11 is 1.67. The van der Waals surface area contributed by atoms with Gasteiger partial charge in [-0.2, -0.15) is 0 Å². The number of esters is 1. The van der Waals surface area contributed by atoms with Crippen molar-refractivity contribution >= 4 is 23.6 Å². The molecule has 0 saturated carbocycles. The second-order valence-electron chi connectivity index (χ2n) is 5.63. The van der Waals surface area contributed by atoms with Gasteiger partial charge in [0.2, 0.25) is 5.91 Å². The molecule has 2 atom stereocenters. The summed E-state index contributed by atoms with van der Waals surface area (Å²) in [4.78, 5) is 26.0. The van der Waals surface area contributed by atoms with Crippen LogP contribution in [-0.2, 0) is 26.5 Å². The first-order valence-electron chi connectivity index (χ1n) is 7.74. The van der Waals surface area contributed by atoms with Gasteiger partial charge >= 0.3 is 5.97 Å². The highest BCUT2D eigenvalue weighted by molar-refractivity contribution is 7.99. The molecule has 24 heavy (non-hydrogen) atoms. The number of furan rings is 1. The number of β-lactam (4-membered cyclic amide) rings is 1. The monoisotopic (exact) mass is 345 g/mol. The fourth-order valence-electron chi connectivity index (χ4n) is 2.75. The Bertz CT molecular complexity index is 686. The minimum absolute atomic E-state index is 0.00583. The molecule has 0 N–H and O–H groups in total. The number of likely N-dealkylation sites (tertiary alicyclic amines) is 1. The van der Waals surface area contributed by atoms with E-state index in [9.17, 15) is 9.59 Å². The van der Waals surface area contributed by atoms with Crippen LogP contribution in [0, 0.1) is 0 Å². The summed E-state index contributed by atoms with van der Waals surface area (Å²) in [6, 6.07) is 11.3. The van der Waals surface area contributed by atoms with Crippen molar-refractivity contribution in [1.29, 1.82) is 0 Å². The van der Waals surface area contributed by atoms with E-state index < -0.39 is 12.0 Å². The summed E-state index contributed by atoms with van der Waals surface area (Å²) in [6.07, 6.45) is 4.00. The van der Waals surface area contributed by atoms with Crippen LogP contribution >= 0.6 is 11.8 Å². The average Bonchev–Trinajstić information content (AvgIpc) is 3.11. The van der Waals surface area contributed by atoms with Crippen LogP contribution in [0.4, 0.5) is 0 Å². The summed E-state index contributed by atoms with van der Waals surface area (Å²) in [5.41, 5.74) is 2.07. The Balaban J connectivity index is 1.68. The van der Waals surface area contributed by atoms with E-state index in [0.717, 1.165) is 11.3 Å². The second kappa shape index (κ2) is 7.57. The molecule has 3 rings (SSSR count). The summed E-state index contributed by atoms with van der Waals surface area (Å²) in [5.74, 6) is 0.392. The Morgan fingerprint density at radius 2 is 2.12 bits per heavy atom. The first-order valence-corrected chi connectivity index (χ1v) is 8.79. The van der Waals surface area contributed by atoms with Gasteiger partial charge in [-0.3, -0.25) is 4.79 Å². The van der Waals surface area contributed by atoms with E-state index in [1.54, 1.807) is 35.3 Å². The fourth-order valence-corrected chi connectivity index (χ4v) is 4.01. The van der Waals surface area contributed by atoms with Crippen molar-refractivity contribution < 1.29 is 18.7 Å². The topological polar surface area (TPSA) is 59.8 Å². The second-order valence-corrected chi connectivity index (χ2v) is 6.80. The Labute approximate surface area is 145 Å². The zero-order valence-electron chi connectivity index (χ0n) is 13.4. The van der Waals surface area contributed by atoms with Crippen molar-refractivity contribution in [3.8, 4) is 0 Å². The molecule has 0 radical (unpaired) electrons. The van der Waals surface area contributed by atoms with Gasteiger partial charge in [-0.05, 0) is 17.2 Å². The van der Waals surface area contributed by atoms with Crippen molar-refractivity contribution in [3.63, 3.8) is 0 Å². The molecule has 126 valence electrons. The fraction of sp³-hybridized carbons (Fsp3) is 0.333. The Kier molecular flexibility index (Phi) is 5.25. The summed E-state index contributed by atoms with van der Waals surface area (Å²) in [6.45, 7) is 0. The number of thioether (sulfide) groups is 1. The number of benzene rings is 1. The molecule has 1 amide bonds. The summed E-state index contributed by atoms with van der Waals surface area (Å²) in [5, 5.41) is -0.00583. The normalized spacial score (nSPS) is 18.1. The van der Waals surface area contributed by atoms with Gasteiger partial charge in [-0.15, -0.1) is 11.8 Å². The van der Waals surface area contributed by atoms with Crippen LogP contribution in [0.3, 0.4) is 0 Å². The van der Waals surface area contributed by atoms with Crippen molar-refractivity contribution in [1.82, 2.24) is 4.90 Å². The molecule has 1 aliphatic rings. The van der Waals surface area contributed by atoms with Crippen LogP contribution < -0.4 is 0 Å². The maximum absolute atomic E-state index is 12.2. The van der Waals surface area contributed by atoms with Crippen molar-refractivity contribution in [3.05, 3.63) is 60.1 Å². The Hall–Kier alpha value is -2.21. The zero-order valence-corrected chi connectivity index (χ0v) is 14.2. The molecule has 6 heteroatoms. The van der Waals surface area contributed by atoms with Crippen molar-refractivity contribution in [2.24, 2.45) is 0 Å². The van der Waals surface area contributed by atoms with E-state index in [2.05, 4.69) is 12.1 Å². The van der Waals surface area contributed by atoms with E-state index in [0.29, 0.717) is 12.8 Å². The molecule has 2 unspecified atom stereocenters. The molecule has 1 fully saturated rings. The van der Waals surface area contributed by atoms with Crippen LogP contribution in [0.25, 0.3) is 0 Å². The first kappa shape index (κ1) is 16.6. The van der Waals surface area contributed by atoms with Gasteiger partial charge in [0, 0.05) is 12.2 Å². The quantitative estimate of drug-likeness (QED) is 0.570. The lowest BCUT2D eigenvalue weighted by molar-refractivity contribution is -0.159. The number of hydrogen-bond donors (Lipinski definition) is 0. The SMILES string of the molecule is COC(=O)C(Cc1ccoc1)N1C(=O)CC1SCc1ccccc1. The van der Waals surface area contributed by atoms with Crippen LogP contribution in [-0.4, -0.2) is 35.3 Å². The van der Waals surface area contributed by atoms with E-state index >= 15 is 0 Å². The number of hydrogen-bond acceptors (Lipinski definition) is 5. The third-order valence-corrected chi connectivity index (χ3v) is 5.33. The molecule has 1 saturated heterocycles. The summed E-state index contributed by atoms with van der Waals surface area (Å²) < 4.78 is 9.96. The van der Waals surface area contributed by atoms with Gasteiger partial charge in [-0.25, -0.2) is 4.79 Å². The summed E-state index contributed by atoms with van der Waals surface area (Å²) in [7, 11) is 1.35. The largest absolute Gasteiger partial charge is 0.472 e. The van der Waals surface area contributed by atoms with Gasteiger partial charge in [-0.1, -0.05) is 30.3 Å². The third kappa shape index (κ3) is 3.64. The Morgan fingerprint density at radius 3 is 2.75 bits per heavy atom. The number of amides is 1. The molecule has 5 nitrogen and oxygen atoms in total. The van der Waals surface area contributed by atoms with E-state index in [1.165, 1.54) is 12.7 Å². The molecule has 0 aliphatic carbocycles. The molecular weight excluding hydrogens is 326 g/mol. The number of nitrogens with zero attached hydrogens (tertiary/aromatic N) is 1. The highest BCUT2D eigenvalue weighted by atomic mass is 32.2. The lowest BCUT2D eigenvalue weighted by Crippen LogP contribution is -2.59. The highest BCUT2D eigenvalue weighted by Crippen LogP contribution is 2.34. The lowest BCUT2D eigenvalue weighted by atomic mass is 10.0. The van der Waals surface area contributed by atoms with Gasteiger partial charge in [0.25, 0.3) is 0 Å². The molecule has 1 aromatic carbocycles. The van der Waals surface area contributed by atoms with E-state index in [1.807, 2.05) is 18.2 Å². The first-order chi connectivity index (χ1) is 11.7. The van der Waals surface area contributed by atoms with Gasteiger partial charge < -0.3 is 14.1 Å². The molecular formula is C18H19NO4S. The molecule has 1 aliphatic heterocycles. The molecule has 2 heterocycles. The Morgan fingerprint density at radius 1 is 1.33 bits per heavy atom. The molecule has 0 bridgehead atoms. The minimum atomic E-state index is -0.609. The maximum atomic E-state index is 12.2. The van der Waals surface area contributed by atoms with Gasteiger partial charge in [0.1, 0.15) is 6.04 Å². The van der Waals surface area contributed by atoms with Crippen molar-refractivity contribution in [2.75, 3.05) is 7.11 Å². The lowest BCUT2D eigenvalue weighted by Gasteiger charge is -2.43. The van der Waals surface area contributed by atoms with Crippen LogP contribution in [0.5, 0.6) is 0 Å². The van der Waals surface area contributed by atoms with Gasteiger partial charge in [0.05, 0.1) is 31.4 Å². The van der Waals surface area contributed by atoms with E-state index in [-0.39, 0.29) is 11.3 Å². The molecule has 1 aromatic heterocycles. The molecule has 2 aromatic rings. The van der Waals surface area contributed by atoms with E-state index in [4.69, 9.17) is 9.15 Å². The number of methoxy groups -OCH3 is 1. The van der Waals surface area contributed by atoms with Crippen LogP contribution in [0.1, 0.15) is 17.5 Å². The minimum Gasteiger partial charge on any atom is -0.472 e. The number of carbonyl (C=O) groups is 2. The maximum Gasteiger partial charge on any atom is 0.328 e. The van der Waals surface area contributed by atoms with Crippen molar-refractivity contribution in [2.45, 2.75) is 30.0 Å². The average molecular weight is 345 g/mol. The zero-order chi connectivity index (χ0) is 16.9.